The Morgan fingerprint density at radius 2 is 2.06 bits per heavy atom. The van der Waals surface area contributed by atoms with Gasteiger partial charge in [-0.1, -0.05) is 20.3 Å². The van der Waals surface area contributed by atoms with Crippen molar-refractivity contribution in [2.24, 2.45) is 0 Å². The van der Waals surface area contributed by atoms with Gasteiger partial charge in [0.25, 0.3) is 0 Å². The lowest BCUT2D eigenvalue weighted by molar-refractivity contribution is -0.130. The Hall–Kier alpha value is -0.610. The van der Waals surface area contributed by atoms with Crippen LogP contribution in [0.3, 0.4) is 0 Å². The van der Waals surface area contributed by atoms with E-state index in [9.17, 15) is 4.79 Å². The van der Waals surface area contributed by atoms with E-state index < -0.39 is 0 Å². The molecule has 2 atom stereocenters. The Labute approximate surface area is 111 Å². The number of rotatable bonds is 4. The maximum atomic E-state index is 12.3. The first kappa shape index (κ1) is 13.8. The van der Waals surface area contributed by atoms with Gasteiger partial charge in [0, 0.05) is 25.2 Å². The van der Waals surface area contributed by atoms with Gasteiger partial charge in [0.15, 0.2) is 0 Å². The molecule has 2 saturated heterocycles. The summed E-state index contributed by atoms with van der Waals surface area (Å²) in [5, 5.41) is 3.37. The standard InChI is InChI=1S/C14H27N3O/c1-11(2)15-13-7-9-17(14(13)18)10-12-6-4-5-8-16(12)3/h11-13,15H,4-10H2,1-3H3. The highest BCUT2D eigenvalue weighted by atomic mass is 16.2. The van der Waals surface area contributed by atoms with Crippen LogP contribution < -0.4 is 5.32 Å². The van der Waals surface area contributed by atoms with Gasteiger partial charge in [0.2, 0.25) is 5.91 Å². The first-order chi connectivity index (χ1) is 8.58. The maximum absolute atomic E-state index is 12.3. The number of piperidine rings is 1. The molecule has 2 heterocycles. The van der Waals surface area contributed by atoms with Gasteiger partial charge in [-0.3, -0.25) is 4.79 Å². The topological polar surface area (TPSA) is 35.6 Å². The molecule has 0 radical (unpaired) electrons. The highest BCUT2D eigenvalue weighted by Gasteiger charge is 2.33. The van der Waals surface area contributed by atoms with E-state index in [1.54, 1.807) is 0 Å². The fourth-order valence-corrected chi connectivity index (χ4v) is 3.11. The molecule has 0 aromatic carbocycles. The van der Waals surface area contributed by atoms with Crippen LogP contribution in [0.1, 0.15) is 39.5 Å². The Kier molecular flexibility index (Phi) is 4.62. The molecule has 0 aromatic rings. The van der Waals surface area contributed by atoms with E-state index in [0.29, 0.717) is 18.0 Å². The van der Waals surface area contributed by atoms with E-state index >= 15 is 0 Å². The summed E-state index contributed by atoms with van der Waals surface area (Å²) in [7, 11) is 2.19. The third-order valence-electron chi connectivity index (χ3n) is 4.18. The quantitative estimate of drug-likeness (QED) is 0.814. The van der Waals surface area contributed by atoms with Gasteiger partial charge in [-0.25, -0.2) is 0 Å². The van der Waals surface area contributed by atoms with Crippen molar-refractivity contribution in [1.29, 1.82) is 0 Å². The van der Waals surface area contributed by atoms with Crippen LogP contribution in [-0.4, -0.2) is 60.5 Å². The second kappa shape index (κ2) is 6.02. The van der Waals surface area contributed by atoms with Crippen molar-refractivity contribution < 1.29 is 4.79 Å². The summed E-state index contributed by atoms with van der Waals surface area (Å²) in [5.41, 5.74) is 0. The summed E-state index contributed by atoms with van der Waals surface area (Å²) in [5.74, 6) is 0.308. The van der Waals surface area contributed by atoms with Crippen LogP contribution in [0.2, 0.25) is 0 Å². The highest BCUT2D eigenvalue weighted by molar-refractivity contribution is 5.84. The van der Waals surface area contributed by atoms with E-state index in [-0.39, 0.29) is 6.04 Å². The van der Waals surface area contributed by atoms with Crippen LogP contribution in [0.15, 0.2) is 0 Å². The number of likely N-dealkylation sites (tertiary alicyclic amines) is 2. The van der Waals surface area contributed by atoms with Gasteiger partial charge in [-0.15, -0.1) is 0 Å². The maximum Gasteiger partial charge on any atom is 0.239 e. The molecule has 0 saturated carbocycles. The average molecular weight is 253 g/mol. The zero-order chi connectivity index (χ0) is 13.1. The number of likely N-dealkylation sites (N-methyl/N-ethyl adjacent to an activating group) is 1. The Balaban J connectivity index is 1.85. The summed E-state index contributed by atoms with van der Waals surface area (Å²) in [6, 6.07) is 1.01. The zero-order valence-corrected chi connectivity index (χ0v) is 12.0. The lowest BCUT2D eigenvalue weighted by Crippen LogP contribution is -2.47. The number of carbonyl (C=O) groups excluding carboxylic acids is 1. The largest absolute Gasteiger partial charge is 0.340 e. The second-order valence-corrected chi connectivity index (χ2v) is 6.08. The summed E-state index contributed by atoms with van der Waals surface area (Å²) in [6.45, 7) is 7.23. The van der Waals surface area contributed by atoms with Gasteiger partial charge in [-0.2, -0.15) is 0 Å². The first-order valence-corrected chi connectivity index (χ1v) is 7.33. The Morgan fingerprint density at radius 1 is 1.28 bits per heavy atom. The number of nitrogens with one attached hydrogen (secondary N) is 1. The number of hydrogen-bond donors (Lipinski definition) is 1. The second-order valence-electron chi connectivity index (χ2n) is 6.08. The molecule has 2 unspecified atom stereocenters. The molecule has 0 bridgehead atoms. The molecule has 2 fully saturated rings. The smallest absolute Gasteiger partial charge is 0.239 e. The average Bonchev–Trinajstić information content (AvgIpc) is 2.64. The van der Waals surface area contributed by atoms with Crippen molar-refractivity contribution in [3.8, 4) is 0 Å². The molecule has 0 aliphatic carbocycles. The molecule has 1 amide bonds. The van der Waals surface area contributed by atoms with Gasteiger partial charge >= 0.3 is 0 Å². The third kappa shape index (κ3) is 3.23. The number of nitrogens with zero attached hydrogens (tertiary/aromatic N) is 2. The van der Waals surface area contributed by atoms with E-state index in [1.165, 1.54) is 25.8 Å². The van der Waals surface area contributed by atoms with Gasteiger partial charge in [-0.05, 0) is 32.9 Å². The fraction of sp³-hybridized carbons (Fsp3) is 0.929. The van der Waals surface area contributed by atoms with Crippen LogP contribution in [0.5, 0.6) is 0 Å². The number of hydrogen-bond acceptors (Lipinski definition) is 3. The Morgan fingerprint density at radius 3 is 2.72 bits per heavy atom. The monoisotopic (exact) mass is 253 g/mol. The van der Waals surface area contributed by atoms with E-state index in [0.717, 1.165) is 19.5 Å². The fourth-order valence-electron chi connectivity index (χ4n) is 3.11. The first-order valence-electron chi connectivity index (χ1n) is 7.33. The van der Waals surface area contributed by atoms with Gasteiger partial charge < -0.3 is 15.1 Å². The van der Waals surface area contributed by atoms with Crippen LogP contribution >= 0.6 is 0 Å². The summed E-state index contributed by atoms with van der Waals surface area (Å²) >= 11 is 0. The lowest BCUT2D eigenvalue weighted by Gasteiger charge is -2.35. The van der Waals surface area contributed by atoms with Crippen molar-refractivity contribution in [3.05, 3.63) is 0 Å². The minimum atomic E-state index is 0.0545. The highest BCUT2D eigenvalue weighted by Crippen LogP contribution is 2.19. The number of amides is 1. The van der Waals surface area contributed by atoms with Crippen molar-refractivity contribution >= 4 is 5.91 Å². The molecule has 4 nitrogen and oxygen atoms in total. The normalized spacial score (nSPS) is 30.4. The van der Waals surface area contributed by atoms with Crippen LogP contribution in [0, 0.1) is 0 Å². The molecular weight excluding hydrogens is 226 g/mol. The zero-order valence-electron chi connectivity index (χ0n) is 12.0. The SMILES string of the molecule is CC(C)NC1CCN(CC2CCCCN2C)C1=O. The third-order valence-corrected chi connectivity index (χ3v) is 4.18. The van der Waals surface area contributed by atoms with Gasteiger partial charge in [0.05, 0.1) is 6.04 Å². The minimum Gasteiger partial charge on any atom is -0.340 e. The molecular formula is C14H27N3O. The molecule has 0 aromatic heterocycles. The summed E-state index contributed by atoms with van der Waals surface area (Å²) in [4.78, 5) is 16.7. The molecule has 0 spiro atoms. The predicted molar refractivity (Wildman–Crippen MR) is 73.5 cm³/mol. The molecule has 4 heteroatoms. The Bertz CT molecular complexity index is 293. The minimum absolute atomic E-state index is 0.0545. The molecule has 104 valence electrons. The van der Waals surface area contributed by atoms with Crippen molar-refractivity contribution in [2.45, 2.75) is 57.7 Å². The van der Waals surface area contributed by atoms with Crippen molar-refractivity contribution in [2.75, 3.05) is 26.7 Å². The van der Waals surface area contributed by atoms with Crippen LogP contribution in [0.4, 0.5) is 0 Å². The van der Waals surface area contributed by atoms with E-state index in [2.05, 4.69) is 36.0 Å². The van der Waals surface area contributed by atoms with Crippen LogP contribution in [-0.2, 0) is 4.79 Å². The number of carbonyl (C=O) groups is 1. The molecule has 18 heavy (non-hydrogen) atoms. The molecule has 2 rings (SSSR count). The van der Waals surface area contributed by atoms with E-state index in [1.807, 2.05) is 0 Å². The van der Waals surface area contributed by atoms with Gasteiger partial charge in [0.1, 0.15) is 0 Å². The summed E-state index contributed by atoms with van der Waals surface area (Å²) < 4.78 is 0. The van der Waals surface area contributed by atoms with Crippen LogP contribution in [0.25, 0.3) is 0 Å². The molecule has 2 aliphatic heterocycles. The molecule has 1 N–H and O–H groups in total. The summed E-state index contributed by atoms with van der Waals surface area (Å²) in [6.07, 6.45) is 4.82. The van der Waals surface area contributed by atoms with Crippen molar-refractivity contribution in [3.63, 3.8) is 0 Å². The van der Waals surface area contributed by atoms with Crippen molar-refractivity contribution in [1.82, 2.24) is 15.1 Å². The molecule has 2 aliphatic rings. The predicted octanol–water partition coefficient (Wildman–Crippen LogP) is 1.07. The van der Waals surface area contributed by atoms with E-state index in [4.69, 9.17) is 0 Å². The lowest BCUT2D eigenvalue weighted by atomic mass is 10.0.